The van der Waals surface area contributed by atoms with E-state index in [9.17, 15) is 9.59 Å². The SMILES string of the molecule is COC(=O)C1=CCCC2CC12C(=O)OC. The minimum Gasteiger partial charge on any atom is -0.468 e. The molecule has 1 saturated carbocycles. The molecule has 2 atom stereocenters. The van der Waals surface area contributed by atoms with Gasteiger partial charge in [0, 0.05) is 0 Å². The Kier molecular flexibility index (Phi) is 2.29. The van der Waals surface area contributed by atoms with Gasteiger partial charge in [0.25, 0.3) is 0 Å². The highest BCUT2D eigenvalue weighted by Crippen LogP contribution is 2.63. The molecule has 1 fully saturated rings. The highest BCUT2D eigenvalue weighted by Gasteiger charge is 2.65. The number of hydrogen-bond acceptors (Lipinski definition) is 4. The first-order valence-corrected chi connectivity index (χ1v) is 5.04. The van der Waals surface area contributed by atoms with Crippen LogP contribution >= 0.6 is 0 Å². The molecular weight excluding hydrogens is 196 g/mol. The van der Waals surface area contributed by atoms with Crippen LogP contribution in [0, 0.1) is 11.3 Å². The quantitative estimate of drug-likeness (QED) is 0.639. The Morgan fingerprint density at radius 2 is 2.13 bits per heavy atom. The summed E-state index contributed by atoms with van der Waals surface area (Å²) in [6, 6.07) is 0. The fraction of sp³-hybridized carbons (Fsp3) is 0.636. The Balaban J connectivity index is 2.32. The smallest absolute Gasteiger partial charge is 0.334 e. The first-order chi connectivity index (χ1) is 7.16. The van der Waals surface area contributed by atoms with Gasteiger partial charge in [0.1, 0.15) is 5.41 Å². The Morgan fingerprint density at radius 1 is 1.40 bits per heavy atom. The summed E-state index contributed by atoms with van der Waals surface area (Å²) < 4.78 is 9.46. The Labute approximate surface area is 88.2 Å². The van der Waals surface area contributed by atoms with E-state index in [2.05, 4.69) is 0 Å². The van der Waals surface area contributed by atoms with Gasteiger partial charge in [0.2, 0.25) is 0 Å². The normalized spacial score (nSPS) is 32.4. The molecule has 2 aliphatic rings. The van der Waals surface area contributed by atoms with Crippen LogP contribution in [0.4, 0.5) is 0 Å². The van der Waals surface area contributed by atoms with Crippen LogP contribution < -0.4 is 0 Å². The molecule has 0 bridgehead atoms. The molecule has 2 aliphatic carbocycles. The van der Waals surface area contributed by atoms with Crippen molar-refractivity contribution in [1.82, 2.24) is 0 Å². The molecule has 2 unspecified atom stereocenters. The minimum atomic E-state index is -0.680. The van der Waals surface area contributed by atoms with Crippen LogP contribution in [0.2, 0.25) is 0 Å². The van der Waals surface area contributed by atoms with E-state index >= 15 is 0 Å². The summed E-state index contributed by atoms with van der Waals surface area (Å²) >= 11 is 0. The van der Waals surface area contributed by atoms with Crippen LogP contribution in [0.1, 0.15) is 19.3 Å². The van der Waals surface area contributed by atoms with Crippen molar-refractivity contribution in [2.75, 3.05) is 14.2 Å². The van der Waals surface area contributed by atoms with E-state index in [1.165, 1.54) is 14.2 Å². The monoisotopic (exact) mass is 210 g/mol. The summed E-state index contributed by atoms with van der Waals surface area (Å²) in [5.74, 6) is -0.435. The molecule has 0 heterocycles. The molecule has 2 rings (SSSR count). The molecule has 0 aromatic carbocycles. The van der Waals surface area contributed by atoms with Gasteiger partial charge in [-0.3, -0.25) is 4.79 Å². The molecule has 82 valence electrons. The number of fused-ring (bicyclic) bond motifs is 1. The third-order valence-electron chi connectivity index (χ3n) is 3.40. The highest BCUT2D eigenvalue weighted by atomic mass is 16.5. The zero-order chi connectivity index (χ0) is 11.1. The van der Waals surface area contributed by atoms with Crippen molar-refractivity contribution < 1.29 is 19.1 Å². The highest BCUT2D eigenvalue weighted by molar-refractivity contribution is 6.00. The second-order valence-electron chi connectivity index (χ2n) is 4.05. The molecule has 0 aromatic heterocycles. The van der Waals surface area contributed by atoms with E-state index in [1.54, 1.807) is 0 Å². The summed E-state index contributed by atoms with van der Waals surface area (Å²) in [6.45, 7) is 0. The summed E-state index contributed by atoms with van der Waals surface area (Å²) in [6.07, 6.45) is 4.33. The van der Waals surface area contributed by atoms with Crippen molar-refractivity contribution >= 4 is 11.9 Å². The first kappa shape index (κ1) is 10.2. The third-order valence-corrected chi connectivity index (χ3v) is 3.40. The lowest BCUT2D eigenvalue weighted by atomic mass is 9.86. The first-order valence-electron chi connectivity index (χ1n) is 5.04. The summed E-state index contributed by atoms with van der Waals surface area (Å²) in [5, 5.41) is 0. The molecule has 4 heteroatoms. The van der Waals surface area contributed by atoms with E-state index in [-0.39, 0.29) is 11.9 Å². The maximum atomic E-state index is 11.7. The lowest BCUT2D eigenvalue weighted by Gasteiger charge is -2.20. The van der Waals surface area contributed by atoms with Crippen molar-refractivity contribution in [1.29, 1.82) is 0 Å². The number of methoxy groups -OCH3 is 2. The van der Waals surface area contributed by atoms with Gasteiger partial charge in [0.15, 0.2) is 0 Å². The van der Waals surface area contributed by atoms with Gasteiger partial charge in [-0.25, -0.2) is 4.79 Å². The van der Waals surface area contributed by atoms with Crippen LogP contribution in [0.3, 0.4) is 0 Å². The van der Waals surface area contributed by atoms with E-state index < -0.39 is 11.4 Å². The number of hydrogen-bond donors (Lipinski definition) is 0. The van der Waals surface area contributed by atoms with Crippen molar-refractivity contribution in [3.63, 3.8) is 0 Å². The van der Waals surface area contributed by atoms with Gasteiger partial charge < -0.3 is 9.47 Å². The second kappa shape index (κ2) is 3.36. The van der Waals surface area contributed by atoms with Gasteiger partial charge in [-0.2, -0.15) is 0 Å². The van der Waals surface area contributed by atoms with Crippen molar-refractivity contribution in [3.05, 3.63) is 11.6 Å². The molecule has 15 heavy (non-hydrogen) atoms. The second-order valence-corrected chi connectivity index (χ2v) is 4.05. The van der Waals surface area contributed by atoms with Crippen LogP contribution in [-0.2, 0) is 19.1 Å². The van der Waals surface area contributed by atoms with Gasteiger partial charge in [0.05, 0.1) is 19.8 Å². The van der Waals surface area contributed by atoms with Gasteiger partial charge in [-0.1, -0.05) is 6.08 Å². The average molecular weight is 210 g/mol. The number of rotatable bonds is 2. The lowest BCUT2D eigenvalue weighted by molar-refractivity contribution is -0.149. The van der Waals surface area contributed by atoms with Crippen LogP contribution in [0.25, 0.3) is 0 Å². The van der Waals surface area contributed by atoms with Crippen LogP contribution in [0.15, 0.2) is 11.6 Å². The maximum Gasteiger partial charge on any atom is 0.334 e. The largest absolute Gasteiger partial charge is 0.468 e. The molecule has 4 nitrogen and oxygen atoms in total. The number of esters is 2. The Morgan fingerprint density at radius 3 is 2.73 bits per heavy atom. The van der Waals surface area contributed by atoms with Crippen molar-refractivity contribution in [2.24, 2.45) is 11.3 Å². The van der Waals surface area contributed by atoms with Crippen LogP contribution in [-0.4, -0.2) is 26.2 Å². The third kappa shape index (κ3) is 1.28. The molecule has 0 saturated heterocycles. The summed E-state index contributed by atoms with van der Waals surface area (Å²) in [5.41, 5.74) is -0.187. The Bertz CT molecular complexity index is 344. The zero-order valence-corrected chi connectivity index (χ0v) is 8.91. The van der Waals surface area contributed by atoms with Crippen LogP contribution in [0.5, 0.6) is 0 Å². The molecule has 0 aliphatic heterocycles. The average Bonchev–Trinajstić information content (AvgIpc) is 3.01. The predicted octanol–water partition coefficient (Wildman–Crippen LogP) is 1.06. The summed E-state index contributed by atoms with van der Waals surface area (Å²) in [4.78, 5) is 23.2. The molecule has 0 radical (unpaired) electrons. The van der Waals surface area contributed by atoms with E-state index in [4.69, 9.17) is 9.47 Å². The lowest BCUT2D eigenvalue weighted by Crippen LogP contribution is -2.29. The number of ether oxygens (including phenoxy) is 2. The van der Waals surface area contributed by atoms with E-state index in [0.717, 1.165) is 19.3 Å². The van der Waals surface area contributed by atoms with Gasteiger partial charge >= 0.3 is 11.9 Å². The number of carbonyl (C=O) groups is 2. The molecule has 0 aromatic rings. The molecule has 0 spiro atoms. The van der Waals surface area contributed by atoms with E-state index in [0.29, 0.717) is 5.57 Å². The van der Waals surface area contributed by atoms with Crippen molar-refractivity contribution in [3.8, 4) is 0 Å². The van der Waals surface area contributed by atoms with Gasteiger partial charge in [-0.05, 0) is 25.2 Å². The standard InChI is InChI=1S/C11H14O4/c1-14-9(12)8-5-3-4-7-6-11(7,8)10(13)15-2/h5,7H,3-4,6H2,1-2H3. The zero-order valence-electron chi connectivity index (χ0n) is 8.91. The number of carbonyl (C=O) groups excluding carboxylic acids is 2. The fourth-order valence-corrected chi connectivity index (χ4v) is 2.54. The predicted molar refractivity (Wildman–Crippen MR) is 51.9 cm³/mol. The van der Waals surface area contributed by atoms with E-state index in [1.807, 2.05) is 6.08 Å². The molecule has 0 N–H and O–H groups in total. The van der Waals surface area contributed by atoms with Gasteiger partial charge in [-0.15, -0.1) is 0 Å². The fourth-order valence-electron chi connectivity index (χ4n) is 2.54. The summed E-state index contributed by atoms with van der Waals surface area (Å²) in [7, 11) is 2.69. The Hall–Kier alpha value is -1.32. The molecule has 0 amide bonds. The maximum absolute atomic E-state index is 11.7. The topological polar surface area (TPSA) is 52.6 Å². The minimum absolute atomic E-state index is 0.268. The number of allylic oxidation sites excluding steroid dienone is 1. The molecular formula is C11H14O4. The van der Waals surface area contributed by atoms with Crippen molar-refractivity contribution in [2.45, 2.75) is 19.3 Å².